The molecule has 0 amide bonds. The molecule has 1 N–H and O–H groups in total. The second-order valence-corrected chi connectivity index (χ2v) is 7.62. The van der Waals surface area contributed by atoms with Crippen molar-refractivity contribution in [3.8, 4) is 0 Å². The van der Waals surface area contributed by atoms with E-state index in [1.54, 1.807) is 12.1 Å². The molecule has 20 heavy (non-hydrogen) atoms. The third-order valence-corrected chi connectivity index (χ3v) is 5.81. The summed E-state index contributed by atoms with van der Waals surface area (Å²) in [5, 5.41) is 11.3. The van der Waals surface area contributed by atoms with E-state index in [1.165, 1.54) is 0 Å². The van der Waals surface area contributed by atoms with Gasteiger partial charge in [0, 0.05) is 10.0 Å². The molecule has 2 rings (SSSR count). The molecule has 0 heterocycles. The molecular weight excluding hydrogens is 343 g/mol. The maximum atomic E-state index is 14.5. The summed E-state index contributed by atoms with van der Waals surface area (Å²) in [7, 11) is 0. The van der Waals surface area contributed by atoms with Crippen molar-refractivity contribution in [2.45, 2.75) is 45.6 Å². The van der Waals surface area contributed by atoms with Crippen molar-refractivity contribution < 1.29 is 9.50 Å². The third kappa shape index (κ3) is 2.77. The van der Waals surface area contributed by atoms with Crippen molar-refractivity contribution in [2.24, 2.45) is 17.8 Å². The number of benzene rings is 1. The molecule has 4 heteroatoms. The van der Waals surface area contributed by atoms with E-state index in [9.17, 15) is 9.50 Å². The first-order chi connectivity index (χ1) is 9.27. The van der Waals surface area contributed by atoms with E-state index in [4.69, 9.17) is 11.6 Å². The molecule has 1 aromatic carbocycles. The minimum absolute atomic E-state index is 0.0525. The van der Waals surface area contributed by atoms with Gasteiger partial charge in [-0.2, -0.15) is 0 Å². The minimum atomic E-state index is -1.12. The summed E-state index contributed by atoms with van der Waals surface area (Å²) in [6.45, 7) is 6.29. The number of rotatable bonds is 2. The second-order valence-electron chi connectivity index (χ2n) is 6.38. The molecule has 0 spiro atoms. The normalized spacial score (nSPS) is 30.8. The highest BCUT2D eigenvalue weighted by molar-refractivity contribution is 9.10. The number of hydrogen-bond donors (Lipinski definition) is 1. The predicted octanol–water partition coefficient (Wildman–Crippen LogP) is 5.52. The van der Waals surface area contributed by atoms with Crippen LogP contribution in [0.25, 0.3) is 0 Å². The van der Waals surface area contributed by atoms with Gasteiger partial charge >= 0.3 is 0 Å². The Labute approximate surface area is 133 Å². The molecule has 1 nitrogen and oxygen atoms in total. The minimum Gasteiger partial charge on any atom is -0.385 e. The molecule has 3 atom stereocenters. The van der Waals surface area contributed by atoms with Crippen molar-refractivity contribution in [1.82, 2.24) is 0 Å². The van der Waals surface area contributed by atoms with E-state index in [1.807, 2.05) is 0 Å². The molecule has 112 valence electrons. The van der Waals surface area contributed by atoms with E-state index in [0.717, 1.165) is 12.8 Å². The number of aliphatic hydroxyl groups is 1. The molecule has 1 aromatic rings. The van der Waals surface area contributed by atoms with Crippen molar-refractivity contribution in [3.05, 3.63) is 33.0 Å². The van der Waals surface area contributed by atoms with Crippen LogP contribution in [0.4, 0.5) is 4.39 Å². The molecule has 3 unspecified atom stereocenters. The van der Waals surface area contributed by atoms with Gasteiger partial charge in [-0.05, 0) is 52.6 Å². The smallest absolute Gasteiger partial charge is 0.149 e. The molecule has 1 saturated carbocycles. The summed E-state index contributed by atoms with van der Waals surface area (Å²) in [6, 6.07) is 3.38. The molecule has 0 bridgehead atoms. The van der Waals surface area contributed by atoms with Crippen LogP contribution in [-0.2, 0) is 5.60 Å². The van der Waals surface area contributed by atoms with Gasteiger partial charge in [-0.15, -0.1) is 0 Å². The largest absolute Gasteiger partial charge is 0.385 e. The highest BCUT2D eigenvalue weighted by atomic mass is 79.9. The fourth-order valence-corrected chi connectivity index (χ4v) is 4.01. The molecule has 0 aliphatic heterocycles. The van der Waals surface area contributed by atoms with Gasteiger partial charge in [0.1, 0.15) is 5.82 Å². The molecule has 1 fully saturated rings. The van der Waals surface area contributed by atoms with Crippen molar-refractivity contribution in [3.63, 3.8) is 0 Å². The fourth-order valence-electron chi connectivity index (χ4n) is 3.54. The molecule has 1 aliphatic carbocycles. The molecular formula is C16H21BrClFO. The zero-order valence-electron chi connectivity index (χ0n) is 12.1. The van der Waals surface area contributed by atoms with Gasteiger partial charge in [-0.1, -0.05) is 44.9 Å². The third-order valence-electron chi connectivity index (χ3n) is 4.55. The summed E-state index contributed by atoms with van der Waals surface area (Å²) in [6.07, 6.45) is 2.59. The quantitative estimate of drug-likeness (QED) is 0.686. The van der Waals surface area contributed by atoms with Crippen LogP contribution >= 0.6 is 27.5 Å². The van der Waals surface area contributed by atoms with Crippen molar-refractivity contribution in [1.29, 1.82) is 0 Å². The Kier molecular flexibility index (Phi) is 4.83. The van der Waals surface area contributed by atoms with Crippen LogP contribution in [0.5, 0.6) is 0 Å². The summed E-state index contributed by atoms with van der Waals surface area (Å²) >= 11 is 9.22. The van der Waals surface area contributed by atoms with Crippen LogP contribution in [-0.4, -0.2) is 5.11 Å². The Bertz CT molecular complexity index is 505. The van der Waals surface area contributed by atoms with E-state index >= 15 is 0 Å². The van der Waals surface area contributed by atoms with E-state index < -0.39 is 11.4 Å². The zero-order chi connectivity index (χ0) is 15.1. The maximum Gasteiger partial charge on any atom is 0.149 e. The first-order valence-corrected chi connectivity index (χ1v) is 8.30. The Morgan fingerprint density at radius 3 is 2.65 bits per heavy atom. The SMILES string of the molecule is CC1CCC(C(C)C)C(O)(c2ccc(Br)c(Cl)c2F)C1. The average molecular weight is 364 g/mol. The Morgan fingerprint density at radius 1 is 1.40 bits per heavy atom. The van der Waals surface area contributed by atoms with Crippen LogP contribution in [0.3, 0.4) is 0 Å². The molecule has 0 aromatic heterocycles. The number of halogens is 3. The van der Waals surface area contributed by atoms with Crippen LogP contribution in [0.1, 0.15) is 45.6 Å². The topological polar surface area (TPSA) is 20.2 Å². The van der Waals surface area contributed by atoms with Gasteiger partial charge in [0.2, 0.25) is 0 Å². The Morgan fingerprint density at radius 2 is 2.05 bits per heavy atom. The van der Waals surface area contributed by atoms with Crippen LogP contribution < -0.4 is 0 Å². The summed E-state index contributed by atoms with van der Waals surface area (Å²) in [4.78, 5) is 0. The van der Waals surface area contributed by atoms with E-state index in [2.05, 4.69) is 36.7 Å². The first-order valence-electron chi connectivity index (χ1n) is 7.13. The lowest BCUT2D eigenvalue weighted by molar-refractivity contribution is -0.0887. The average Bonchev–Trinajstić information content (AvgIpc) is 2.35. The Balaban J connectivity index is 2.53. The van der Waals surface area contributed by atoms with Gasteiger partial charge in [-0.3, -0.25) is 0 Å². The zero-order valence-corrected chi connectivity index (χ0v) is 14.4. The van der Waals surface area contributed by atoms with Crippen LogP contribution in [0, 0.1) is 23.6 Å². The monoisotopic (exact) mass is 362 g/mol. The van der Waals surface area contributed by atoms with Crippen molar-refractivity contribution in [2.75, 3.05) is 0 Å². The Hall–Kier alpha value is -0.120. The second kappa shape index (κ2) is 5.94. The lowest BCUT2D eigenvalue weighted by atomic mass is 9.64. The van der Waals surface area contributed by atoms with E-state index in [0.29, 0.717) is 28.3 Å². The fraction of sp³-hybridized carbons (Fsp3) is 0.625. The predicted molar refractivity (Wildman–Crippen MR) is 84.3 cm³/mol. The lowest BCUT2D eigenvalue weighted by Gasteiger charge is -2.45. The first kappa shape index (κ1) is 16.3. The number of hydrogen-bond acceptors (Lipinski definition) is 1. The summed E-state index contributed by atoms with van der Waals surface area (Å²) < 4.78 is 15.1. The van der Waals surface area contributed by atoms with E-state index in [-0.39, 0.29) is 10.9 Å². The summed E-state index contributed by atoms with van der Waals surface area (Å²) in [5.74, 6) is 0.250. The van der Waals surface area contributed by atoms with Gasteiger partial charge in [0.05, 0.1) is 10.6 Å². The molecule has 0 saturated heterocycles. The van der Waals surface area contributed by atoms with Gasteiger partial charge in [0.25, 0.3) is 0 Å². The molecule has 0 radical (unpaired) electrons. The van der Waals surface area contributed by atoms with Gasteiger partial charge in [0.15, 0.2) is 0 Å². The standard InChI is InChI=1S/C16H21BrClFO/c1-9(2)11-5-4-10(3)8-16(11,20)12-6-7-13(17)14(18)15(12)19/h6-7,9-11,20H,4-5,8H2,1-3H3. The van der Waals surface area contributed by atoms with Crippen LogP contribution in [0.15, 0.2) is 16.6 Å². The lowest BCUT2D eigenvalue weighted by Crippen LogP contribution is -2.43. The maximum absolute atomic E-state index is 14.5. The highest BCUT2D eigenvalue weighted by Gasteiger charge is 2.45. The van der Waals surface area contributed by atoms with Gasteiger partial charge < -0.3 is 5.11 Å². The van der Waals surface area contributed by atoms with Crippen LogP contribution in [0.2, 0.25) is 5.02 Å². The van der Waals surface area contributed by atoms with Crippen molar-refractivity contribution >= 4 is 27.5 Å². The highest BCUT2D eigenvalue weighted by Crippen LogP contribution is 2.49. The summed E-state index contributed by atoms with van der Waals surface area (Å²) in [5.41, 5.74) is -0.781. The van der Waals surface area contributed by atoms with Gasteiger partial charge in [-0.25, -0.2) is 4.39 Å². The molecule has 1 aliphatic rings.